The first kappa shape index (κ1) is 45.8. The molecule has 328 valence electrons. The Kier molecular flexibility index (Phi) is 17.2. The van der Waals surface area contributed by atoms with Crippen molar-refractivity contribution in [2.45, 2.75) is 65.5 Å². The number of rotatable bonds is 23. The summed E-state index contributed by atoms with van der Waals surface area (Å²) in [6.45, 7) is 5.29. The van der Waals surface area contributed by atoms with Gasteiger partial charge in [-0.3, -0.25) is 35.1 Å². The molecule has 5 rings (SSSR count). The molecule has 0 aliphatic carbocycles. The molecule has 0 saturated heterocycles. The molecule has 2 aromatic heterocycles. The van der Waals surface area contributed by atoms with Crippen LogP contribution in [0.2, 0.25) is 0 Å². The molecule has 2 atom stereocenters. The molecular formula is C38H46N8O15. The number of nitrogens with zero attached hydrogens (tertiary/aromatic N) is 8. The summed E-state index contributed by atoms with van der Waals surface area (Å²) < 4.78 is 33.5. The van der Waals surface area contributed by atoms with Crippen molar-refractivity contribution < 1.29 is 73.3 Å². The van der Waals surface area contributed by atoms with Gasteiger partial charge in [-0.05, 0) is 73.6 Å². The van der Waals surface area contributed by atoms with Crippen LogP contribution in [0.25, 0.3) is 33.5 Å². The Morgan fingerprint density at radius 1 is 0.738 bits per heavy atom. The van der Waals surface area contributed by atoms with Gasteiger partial charge in [-0.25, -0.2) is 14.4 Å². The van der Waals surface area contributed by atoms with E-state index in [1.807, 2.05) is 55.5 Å². The van der Waals surface area contributed by atoms with Crippen molar-refractivity contribution in [3.63, 3.8) is 0 Å². The number of ether oxygens (including phenoxy) is 6. The van der Waals surface area contributed by atoms with Gasteiger partial charge in [0.25, 0.3) is 6.01 Å². The van der Waals surface area contributed by atoms with Crippen molar-refractivity contribution in [1.29, 1.82) is 0 Å². The molecule has 3 aromatic carbocycles. The summed E-state index contributed by atoms with van der Waals surface area (Å²) in [7, 11) is 0. The highest BCUT2D eigenvalue weighted by Crippen LogP contribution is 2.32. The van der Waals surface area contributed by atoms with Gasteiger partial charge < -0.3 is 28.4 Å². The third-order valence-electron chi connectivity index (χ3n) is 8.48. The third kappa shape index (κ3) is 13.6. The second-order valence-electron chi connectivity index (χ2n) is 12.9. The van der Waals surface area contributed by atoms with Crippen LogP contribution in [0.4, 0.5) is 9.59 Å². The zero-order valence-corrected chi connectivity index (χ0v) is 33.4. The lowest BCUT2D eigenvalue weighted by atomic mass is 9.98. The Hall–Kier alpha value is -6.31. The fraction of sp³-hybridized carbons (Fsp3) is 0.395. The Labute approximate surface area is 347 Å². The van der Waals surface area contributed by atoms with Gasteiger partial charge >= 0.3 is 18.3 Å². The molecule has 23 nitrogen and oxygen atoms in total. The van der Waals surface area contributed by atoms with E-state index in [2.05, 4.69) is 30.1 Å². The number of imidazole rings is 1. The number of hydrogen-bond donors (Lipinski definition) is 4. The van der Waals surface area contributed by atoms with Crippen molar-refractivity contribution in [2.24, 2.45) is 0 Å². The van der Waals surface area contributed by atoms with Crippen molar-refractivity contribution in [3.8, 4) is 28.5 Å². The number of benzene rings is 3. The number of fused-ring (bicyclic) bond motifs is 1. The van der Waals surface area contributed by atoms with E-state index < -0.39 is 36.2 Å². The Balaban J connectivity index is 1.24. The van der Waals surface area contributed by atoms with Crippen LogP contribution in [0.3, 0.4) is 0 Å². The smallest absolute Gasteiger partial charge is 0.465 e. The molecule has 0 aliphatic heterocycles. The highest BCUT2D eigenvalue weighted by atomic mass is 17.1. The summed E-state index contributed by atoms with van der Waals surface area (Å²) in [5.41, 5.74) is 4.23. The van der Waals surface area contributed by atoms with Crippen LogP contribution in [0.5, 0.6) is 6.01 Å². The summed E-state index contributed by atoms with van der Waals surface area (Å²) >= 11 is 0. The fourth-order valence-electron chi connectivity index (χ4n) is 5.74. The van der Waals surface area contributed by atoms with Crippen LogP contribution in [-0.2, 0) is 39.9 Å². The lowest BCUT2D eigenvalue weighted by Gasteiger charge is -2.15. The average molecular weight is 855 g/mol. The predicted octanol–water partition coefficient (Wildman–Crippen LogP) is 5.72. The van der Waals surface area contributed by atoms with E-state index in [0.717, 1.165) is 21.5 Å². The van der Waals surface area contributed by atoms with E-state index in [9.17, 15) is 14.4 Å². The molecule has 5 aromatic rings. The van der Waals surface area contributed by atoms with E-state index in [0.29, 0.717) is 48.9 Å². The monoisotopic (exact) mass is 854 g/mol. The van der Waals surface area contributed by atoms with E-state index in [-0.39, 0.29) is 55.8 Å². The maximum absolute atomic E-state index is 13.5. The summed E-state index contributed by atoms with van der Waals surface area (Å²) in [4.78, 5) is 52.4. The van der Waals surface area contributed by atoms with E-state index in [4.69, 9.17) is 49.3 Å². The maximum atomic E-state index is 13.5. The molecule has 4 N–H and O–H groups in total. The number of tetrazole rings is 1. The van der Waals surface area contributed by atoms with Gasteiger partial charge in [0.15, 0.2) is 0 Å². The van der Waals surface area contributed by atoms with Gasteiger partial charge in [0.1, 0.15) is 0 Å². The van der Waals surface area contributed by atoms with E-state index in [1.54, 1.807) is 29.7 Å². The number of para-hydroxylation sites is 1. The summed E-state index contributed by atoms with van der Waals surface area (Å²) in [6, 6.07) is 20.4. The van der Waals surface area contributed by atoms with Crippen molar-refractivity contribution in [1.82, 2.24) is 40.5 Å². The number of unbranched alkanes of at least 4 members (excludes halogenated alkanes) is 2. The SMILES string of the molecule is CCOc1nc2cccc(C(=O)OC(C)OC(=O)OCCCCON(O)O)c2n1Cc1ccc(-c2ccccc2-c2nnn(C(C)OC(=O)OCCCCON(O)O)n2)cc1. The van der Waals surface area contributed by atoms with Crippen LogP contribution in [0, 0.1) is 0 Å². The van der Waals surface area contributed by atoms with Gasteiger partial charge in [-0.2, -0.15) is 4.98 Å². The van der Waals surface area contributed by atoms with Crippen LogP contribution in [0.1, 0.15) is 68.6 Å². The second-order valence-corrected chi connectivity index (χ2v) is 12.9. The number of aromatic nitrogens is 6. The zero-order valence-electron chi connectivity index (χ0n) is 33.4. The first-order valence-corrected chi connectivity index (χ1v) is 19.0. The number of carbonyl (C=O) groups excluding carboxylic acids is 3. The minimum absolute atomic E-state index is 0.0146. The largest absolute Gasteiger partial charge is 0.511 e. The van der Waals surface area contributed by atoms with E-state index >= 15 is 0 Å². The minimum atomic E-state index is -1.30. The lowest BCUT2D eigenvalue weighted by Crippen LogP contribution is -2.23. The fourth-order valence-corrected chi connectivity index (χ4v) is 5.74. The van der Waals surface area contributed by atoms with Crippen LogP contribution in [-0.4, -0.2) is 119 Å². The van der Waals surface area contributed by atoms with E-state index in [1.165, 1.54) is 6.92 Å². The molecule has 23 heteroatoms. The summed E-state index contributed by atoms with van der Waals surface area (Å²) in [5.74, 6) is -0.490. The van der Waals surface area contributed by atoms with Gasteiger partial charge in [-0.1, -0.05) is 54.6 Å². The minimum Gasteiger partial charge on any atom is -0.465 e. The first-order valence-electron chi connectivity index (χ1n) is 19.0. The maximum Gasteiger partial charge on any atom is 0.511 e. The number of esters is 1. The standard InChI is InChI=1S/C38H46N8O15/c1-4-54-36-39-32-15-11-14-31(35(47)60-26(3)61-38(49)56-21-8-10-23-58-46(52)53)33(32)43(36)24-27-16-18-28(19-17-27)29-12-5-6-13-30(29)34-40-42-44(41-34)25(2)59-37(48)55-20-7-9-22-57-45(50)51/h5-6,11-19,25-26,50-53H,4,7-10,20-24H2,1-3H3. The molecule has 2 unspecified atom stereocenters. The lowest BCUT2D eigenvalue weighted by molar-refractivity contribution is -0.492. The van der Waals surface area contributed by atoms with Crippen LogP contribution >= 0.6 is 0 Å². The number of carbonyl (C=O) groups is 3. The highest BCUT2D eigenvalue weighted by Gasteiger charge is 2.24. The zero-order chi connectivity index (χ0) is 43.7. The first-order chi connectivity index (χ1) is 29.4. The molecule has 0 saturated carbocycles. The van der Waals surface area contributed by atoms with Crippen LogP contribution in [0.15, 0.2) is 66.7 Å². The third-order valence-corrected chi connectivity index (χ3v) is 8.48. The van der Waals surface area contributed by atoms with Gasteiger partial charge in [0.2, 0.25) is 18.3 Å². The number of hydrogen-bond acceptors (Lipinski definition) is 21. The van der Waals surface area contributed by atoms with Crippen molar-refractivity contribution in [2.75, 3.05) is 33.0 Å². The molecular weight excluding hydrogens is 808 g/mol. The molecule has 0 fully saturated rings. The molecule has 2 heterocycles. The molecule has 61 heavy (non-hydrogen) atoms. The summed E-state index contributed by atoms with van der Waals surface area (Å²) in [5, 5.41) is 46.1. The topological polar surface area (TPSA) is 274 Å². The highest BCUT2D eigenvalue weighted by molar-refractivity contribution is 6.02. The molecule has 0 amide bonds. The molecule has 0 bridgehead atoms. The molecule has 0 aliphatic rings. The second kappa shape index (κ2) is 22.9. The van der Waals surface area contributed by atoms with Crippen LogP contribution < -0.4 is 4.74 Å². The quantitative estimate of drug-likeness (QED) is 0.0201. The Morgan fingerprint density at radius 2 is 1.36 bits per heavy atom. The molecule has 0 spiro atoms. The van der Waals surface area contributed by atoms with Gasteiger partial charge in [0.05, 0.1) is 67.0 Å². The summed E-state index contributed by atoms with van der Waals surface area (Å²) in [6.07, 6.45) is -2.74. The predicted molar refractivity (Wildman–Crippen MR) is 204 cm³/mol. The molecule has 0 radical (unpaired) electrons. The Morgan fingerprint density at radius 3 is 2.00 bits per heavy atom. The normalized spacial score (nSPS) is 12.3. The van der Waals surface area contributed by atoms with Crippen molar-refractivity contribution >= 4 is 29.3 Å². The van der Waals surface area contributed by atoms with Gasteiger partial charge in [-0.15, -0.1) is 15.0 Å². The average Bonchev–Trinajstić information content (AvgIpc) is 3.86. The van der Waals surface area contributed by atoms with Crippen molar-refractivity contribution in [3.05, 3.63) is 77.9 Å². The Bertz CT molecular complexity index is 2180. The van der Waals surface area contributed by atoms with Gasteiger partial charge in [0, 0.05) is 12.5 Å².